The van der Waals surface area contributed by atoms with Gasteiger partial charge in [0.25, 0.3) is 0 Å². The number of ether oxygens (including phenoxy) is 2. The Kier molecular flexibility index (Phi) is 8.11. The number of rotatable bonds is 9. The zero-order valence-electron chi connectivity index (χ0n) is 15.2. The molecule has 1 saturated heterocycles. The third-order valence-electron chi connectivity index (χ3n) is 4.96. The first-order valence-corrected chi connectivity index (χ1v) is 9.60. The highest BCUT2D eigenvalue weighted by Crippen LogP contribution is 2.31. The minimum absolute atomic E-state index is 0.183. The molecule has 3 unspecified atom stereocenters. The van der Waals surface area contributed by atoms with E-state index in [0.717, 1.165) is 12.2 Å². The second-order valence-corrected chi connectivity index (χ2v) is 6.96. The topological polar surface area (TPSA) is 18.5 Å². The molecule has 130 valence electrons. The van der Waals surface area contributed by atoms with E-state index in [1.807, 2.05) is 0 Å². The molecule has 0 bridgehead atoms. The van der Waals surface area contributed by atoms with Crippen molar-refractivity contribution in [1.82, 2.24) is 0 Å². The lowest BCUT2D eigenvalue weighted by atomic mass is 9.96. The molecule has 0 aliphatic carbocycles. The molecule has 3 atom stereocenters. The maximum atomic E-state index is 6.13. The molecular formula is C21H34O2. The molecule has 1 aliphatic rings. The average Bonchev–Trinajstić information content (AvgIpc) is 2.57. The first kappa shape index (κ1) is 18.5. The maximum absolute atomic E-state index is 6.13. The average molecular weight is 319 g/mol. The molecule has 2 nitrogen and oxygen atoms in total. The summed E-state index contributed by atoms with van der Waals surface area (Å²) in [5, 5.41) is 0. The molecule has 0 amide bonds. The van der Waals surface area contributed by atoms with Crippen LogP contribution in [0.5, 0.6) is 0 Å². The summed E-state index contributed by atoms with van der Waals surface area (Å²) in [5.74, 6) is 0.547. The Labute approximate surface area is 142 Å². The molecular weight excluding hydrogens is 284 g/mol. The van der Waals surface area contributed by atoms with Gasteiger partial charge in [0.15, 0.2) is 6.29 Å². The van der Waals surface area contributed by atoms with Gasteiger partial charge in [0, 0.05) is 11.5 Å². The van der Waals surface area contributed by atoms with Gasteiger partial charge in [0.05, 0.1) is 12.7 Å². The Morgan fingerprint density at radius 3 is 2.30 bits per heavy atom. The fraction of sp³-hybridized carbons (Fsp3) is 0.714. The minimum atomic E-state index is -0.183. The third kappa shape index (κ3) is 5.93. The Morgan fingerprint density at radius 1 is 0.957 bits per heavy atom. The zero-order valence-corrected chi connectivity index (χ0v) is 15.2. The lowest BCUT2D eigenvalue weighted by Gasteiger charge is -2.35. The summed E-state index contributed by atoms with van der Waals surface area (Å²) in [6.45, 7) is 7.52. The van der Waals surface area contributed by atoms with Crippen molar-refractivity contribution < 1.29 is 9.47 Å². The summed E-state index contributed by atoms with van der Waals surface area (Å²) >= 11 is 0. The quantitative estimate of drug-likeness (QED) is 0.516. The van der Waals surface area contributed by atoms with Crippen molar-refractivity contribution in [2.45, 2.75) is 84.5 Å². The van der Waals surface area contributed by atoms with Gasteiger partial charge in [0.1, 0.15) is 0 Å². The number of aryl methyl sites for hydroxylation is 1. The smallest absolute Gasteiger partial charge is 0.184 e. The number of hydrogen-bond donors (Lipinski definition) is 0. The molecule has 0 N–H and O–H groups in total. The predicted octanol–water partition coefficient (Wildman–Crippen LogP) is 6.05. The number of unbranched alkanes of at least 4 members (excludes halogenated alkanes) is 4. The van der Waals surface area contributed by atoms with Gasteiger partial charge in [-0.05, 0) is 31.7 Å². The first-order valence-electron chi connectivity index (χ1n) is 9.60. The molecule has 0 spiro atoms. The Bertz CT molecular complexity index is 426. The summed E-state index contributed by atoms with van der Waals surface area (Å²) in [7, 11) is 0. The van der Waals surface area contributed by atoms with E-state index >= 15 is 0 Å². The van der Waals surface area contributed by atoms with Gasteiger partial charge in [-0.25, -0.2) is 0 Å². The Morgan fingerprint density at radius 2 is 1.65 bits per heavy atom. The Balaban J connectivity index is 1.81. The summed E-state index contributed by atoms with van der Waals surface area (Å²) in [6.07, 6.45) is 10.2. The summed E-state index contributed by atoms with van der Waals surface area (Å²) in [4.78, 5) is 0. The van der Waals surface area contributed by atoms with Crippen LogP contribution in [0.3, 0.4) is 0 Å². The van der Waals surface area contributed by atoms with E-state index in [9.17, 15) is 0 Å². The second kappa shape index (κ2) is 10.1. The highest BCUT2D eigenvalue weighted by molar-refractivity contribution is 5.23. The predicted molar refractivity (Wildman–Crippen MR) is 96.5 cm³/mol. The standard InChI is InChI=1S/C21H34O2/c1-4-6-8-10-18-12-14-19(15-13-18)21-22-16-20(17(3)23-21)11-9-7-5-2/h12-15,17,20-21H,4-11,16H2,1-3H3. The van der Waals surface area contributed by atoms with Gasteiger partial charge in [-0.3, -0.25) is 0 Å². The second-order valence-electron chi connectivity index (χ2n) is 6.96. The fourth-order valence-corrected chi connectivity index (χ4v) is 3.26. The van der Waals surface area contributed by atoms with Gasteiger partial charge in [-0.2, -0.15) is 0 Å². The van der Waals surface area contributed by atoms with E-state index in [-0.39, 0.29) is 12.4 Å². The van der Waals surface area contributed by atoms with Crippen molar-refractivity contribution in [1.29, 1.82) is 0 Å². The highest BCUT2D eigenvalue weighted by Gasteiger charge is 2.29. The number of hydrogen-bond acceptors (Lipinski definition) is 2. The lowest BCUT2D eigenvalue weighted by molar-refractivity contribution is -0.237. The highest BCUT2D eigenvalue weighted by atomic mass is 16.7. The van der Waals surface area contributed by atoms with Crippen LogP contribution in [-0.4, -0.2) is 12.7 Å². The molecule has 2 heteroatoms. The summed E-state index contributed by atoms with van der Waals surface area (Å²) in [6, 6.07) is 8.82. The molecule has 1 aromatic carbocycles. The molecule has 0 radical (unpaired) electrons. The van der Waals surface area contributed by atoms with E-state index in [0.29, 0.717) is 5.92 Å². The lowest BCUT2D eigenvalue weighted by Crippen LogP contribution is -2.34. The van der Waals surface area contributed by atoms with Crippen LogP contribution >= 0.6 is 0 Å². The molecule has 1 fully saturated rings. The van der Waals surface area contributed by atoms with Crippen molar-refractivity contribution in [3.05, 3.63) is 35.4 Å². The SMILES string of the molecule is CCCCCc1ccc(C2OCC(CCCCC)C(C)O2)cc1. The normalized spacial score (nSPS) is 24.7. The van der Waals surface area contributed by atoms with E-state index < -0.39 is 0 Å². The van der Waals surface area contributed by atoms with Crippen LogP contribution in [0, 0.1) is 5.92 Å². The van der Waals surface area contributed by atoms with E-state index in [1.165, 1.54) is 56.9 Å². The molecule has 1 aromatic rings. The van der Waals surface area contributed by atoms with Crippen molar-refractivity contribution in [3.8, 4) is 0 Å². The monoisotopic (exact) mass is 318 g/mol. The zero-order chi connectivity index (χ0) is 16.5. The van der Waals surface area contributed by atoms with Crippen molar-refractivity contribution in [3.63, 3.8) is 0 Å². The molecule has 0 saturated carbocycles. The van der Waals surface area contributed by atoms with Gasteiger partial charge in [-0.15, -0.1) is 0 Å². The van der Waals surface area contributed by atoms with E-state index in [4.69, 9.17) is 9.47 Å². The van der Waals surface area contributed by atoms with Crippen LogP contribution in [0.1, 0.15) is 83.1 Å². The maximum Gasteiger partial charge on any atom is 0.184 e. The molecule has 1 aliphatic heterocycles. The van der Waals surface area contributed by atoms with Gasteiger partial charge in [0.2, 0.25) is 0 Å². The van der Waals surface area contributed by atoms with E-state index in [2.05, 4.69) is 45.0 Å². The van der Waals surface area contributed by atoms with E-state index in [1.54, 1.807) is 0 Å². The molecule has 23 heavy (non-hydrogen) atoms. The van der Waals surface area contributed by atoms with Crippen LogP contribution in [0.4, 0.5) is 0 Å². The van der Waals surface area contributed by atoms with Gasteiger partial charge in [-0.1, -0.05) is 70.2 Å². The van der Waals surface area contributed by atoms with Crippen LogP contribution in [-0.2, 0) is 15.9 Å². The number of benzene rings is 1. The van der Waals surface area contributed by atoms with Gasteiger partial charge < -0.3 is 9.47 Å². The van der Waals surface area contributed by atoms with Gasteiger partial charge >= 0.3 is 0 Å². The van der Waals surface area contributed by atoms with Crippen LogP contribution in [0.15, 0.2) is 24.3 Å². The molecule has 2 rings (SSSR count). The minimum Gasteiger partial charge on any atom is -0.348 e. The first-order chi connectivity index (χ1) is 11.2. The van der Waals surface area contributed by atoms with Crippen LogP contribution in [0.2, 0.25) is 0 Å². The van der Waals surface area contributed by atoms with Crippen molar-refractivity contribution in [2.24, 2.45) is 5.92 Å². The van der Waals surface area contributed by atoms with Crippen LogP contribution in [0.25, 0.3) is 0 Å². The fourth-order valence-electron chi connectivity index (χ4n) is 3.26. The van der Waals surface area contributed by atoms with Crippen molar-refractivity contribution >= 4 is 0 Å². The molecule has 1 heterocycles. The van der Waals surface area contributed by atoms with Crippen LogP contribution < -0.4 is 0 Å². The third-order valence-corrected chi connectivity index (χ3v) is 4.96. The summed E-state index contributed by atoms with van der Waals surface area (Å²) < 4.78 is 12.1. The summed E-state index contributed by atoms with van der Waals surface area (Å²) in [5.41, 5.74) is 2.58. The Hall–Kier alpha value is -0.860. The molecule has 0 aromatic heterocycles. The largest absolute Gasteiger partial charge is 0.348 e. The van der Waals surface area contributed by atoms with Crippen molar-refractivity contribution in [2.75, 3.05) is 6.61 Å².